The first-order valence-electron chi connectivity index (χ1n) is 6.83. The zero-order valence-corrected chi connectivity index (χ0v) is 11.2. The summed E-state index contributed by atoms with van der Waals surface area (Å²) in [5, 5.41) is 14.1. The molecule has 1 aliphatic rings. The van der Waals surface area contributed by atoms with E-state index in [-0.39, 0.29) is 10.6 Å². The summed E-state index contributed by atoms with van der Waals surface area (Å²) in [6, 6.07) is 11.6. The number of nitro groups is 1. The van der Waals surface area contributed by atoms with Gasteiger partial charge in [0.05, 0.1) is 4.92 Å². The van der Waals surface area contributed by atoms with Crippen LogP contribution in [0, 0.1) is 10.1 Å². The maximum Gasteiger partial charge on any atom is 0.269 e. The molecule has 5 nitrogen and oxygen atoms in total. The summed E-state index contributed by atoms with van der Waals surface area (Å²) >= 11 is 0. The Morgan fingerprint density at radius 1 is 1.25 bits per heavy atom. The van der Waals surface area contributed by atoms with E-state index in [9.17, 15) is 10.1 Å². The molecule has 0 saturated heterocycles. The van der Waals surface area contributed by atoms with Gasteiger partial charge in [0, 0.05) is 43.2 Å². The highest BCUT2D eigenvalue weighted by Gasteiger charge is 2.20. The first kappa shape index (κ1) is 12.9. The number of hydrogen-bond acceptors (Lipinski definition) is 3. The van der Waals surface area contributed by atoms with E-state index < -0.39 is 0 Å². The highest BCUT2D eigenvalue weighted by atomic mass is 16.6. The van der Waals surface area contributed by atoms with Gasteiger partial charge in [-0.15, -0.1) is 0 Å². The monoisotopic (exact) mass is 271 g/mol. The van der Waals surface area contributed by atoms with Crippen molar-refractivity contribution in [3.63, 3.8) is 0 Å². The molecule has 1 N–H and O–H groups in total. The lowest BCUT2D eigenvalue weighted by Gasteiger charge is -2.10. The van der Waals surface area contributed by atoms with E-state index >= 15 is 0 Å². The molecule has 5 heteroatoms. The molecule has 1 aromatic heterocycles. The fourth-order valence-corrected chi connectivity index (χ4v) is 2.22. The largest absolute Gasteiger partial charge is 0.346 e. The van der Waals surface area contributed by atoms with Gasteiger partial charge in [0.2, 0.25) is 0 Å². The lowest BCUT2D eigenvalue weighted by Crippen LogP contribution is -2.18. The Bertz CT molecular complexity index is 600. The molecule has 0 amide bonds. The molecular weight excluding hydrogens is 254 g/mol. The molecule has 1 heterocycles. The normalized spacial score (nSPS) is 14.4. The maximum absolute atomic E-state index is 10.6. The average molecular weight is 271 g/mol. The topological polar surface area (TPSA) is 60.1 Å². The van der Waals surface area contributed by atoms with E-state index in [1.807, 2.05) is 24.4 Å². The Kier molecular flexibility index (Phi) is 3.52. The van der Waals surface area contributed by atoms with E-state index in [4.69, 9.17) is 0 Å². The lowest BCUT2D eigenvalue weighted by molar-refractivity contribution is -0.384. The summed E-state index contributed by atoms with van der Waals surface area (Å²) < 4.78 is 2.18. The molecule has 0 aliphatic heterocycles. The van der Waals surface area contributed by atoms with Crippen molar-refractivity contribution in [3.05, 3.63) is 64.0 Å². The van der Waals surface area contributed by atoms with Crippen LogP contribution in [-0.2, 0) is 13.1 Å². The number of hydrogen-bond donors (Lipinski definition) is 1. The summed E-state index contributed by atoms with van der Waals surface area (Å²) in [5.41, 5.74) is 2.45. The molecule has 1 aromatic carbocycles. The van der Waals surface area contributed by atoms with Gasteiger partial charge < -0.3 is 9.88 Å². The van der Waals surface area contributed by atoms with Crippen LogP contribution in [0.3, 0.4) is 0 Å². The Morgan fingerprint density at radius 2 is 2.00 bits per heavy atom. The van der Waals surface area contributed by atoms with Crippen LogP contribution in [0.2, 0.25) is 0 Å². The number of aromatic nitrogens is 1. The molecule has 0 unspecified atom stereocenters. The maximum atomic E-state index is 10.6. The van der Waals surface area contributed by atoms with Crippen molar-refractivity contribution in [2.24, 2.45) is 0 Å². The fraction of sp³-hybridized carbons (Fsp3) is 0.333. The van der Waals surface area contributed by atoms with Gasteiger partial charge >= 0.3 is 0 Å². The van der Waals surface area contributed by atoms with Gasteiger partial charge in [-0.2, -0.15) is 0 Å². The van der Waals surface area contributed by atoms with Crippen molar-refractivity contribution in [2.75, 3.05) is 0 Å². The van der Waals surface area contributed by atoms with Gasteiger partial charge in [0.15, 0.2) is 0 Å². The van der Waals surface area contributed by atoms with Gasteiger partial charge in [0.25, 0.3) is 5.69 Å². The number of nitro benzene ring substituents is 1. The van der Waals surface area contributed by atoms with E-state index in [1.54, 1.807) is 12.1 Å². The molecule has 2 aromatic rings. The molecule has 0 radical (unpaired) electrons. The van der Waals surface area contributed by atoms with Crippen LogP contribution in [0.15, 0.2) is 42.6 Å². The van der Waals surface area contributed by atoms with Crippen molar-refractivity contribution in [3.8, 4) is 0 Å². The summed E-state index contributed by atoms with van der Waals surface area (Å²) in [5.74, 6) is 0. The molecular formula is C15H17N3O2. The van der Waals surface area contributed by atoms with Gasteiger partial charge in [-0.25, -0.2) is 0 Å². The standard InChI is InChI=1S/C15H17N3O2/c19-18(20)14-7-3-12(4-8-14)11-17-9-1-2-15(17)10-16-13-5-6-13/h1-4,7-9,13,16H,5-6,10-11H2. The van der Waals surface area contributed by atoms with Gasteiger partial charge in [-0.05, 0) is 30.5 Å². The predicted molar refractivity (Wildman–Crippen MR) is 76.5 cm³/mol. The summed E-state index contributed by atoms with van der Waals surface area (Å²) in [7, 11) is 0. The highest BCUT2D eigenvalue weighted by molar-refractivity contribution is 5.33. The summed E-state index contributed by atoms with van der Waals surface area (Å²) in [6.45, 7) is 1.62. The highest BCUT2D eigenvalue weighted by Crippen LogP contribution is 2.19. The van der Waals surface area contributed by atoms with Crippen molar-refractivity contribution >= 4 is 5.69 Å². The van der Waals surface area contributed by atoms with E-state index in [0.29, 0.717) is 6.04 Å². The molecule has 1 fully saturated rings. The summed E-state index contributed by atoms with van der Waals surface area (Å²) in [4.78, 5) is 10.3. The summed E-state index contributed by atoms with van der Waals surface area (Å²) in [6.07, 6.45) is 4.61. The van der Waals surface area contributed by atoms with Crippen LogP contribution in [0.25, 0.3) is 0 Å². The third-order valence-electron chi connectivity index (χ3n) is 3.57. The van der Waals surface area contributed by atoms with Gasteiger partial charge in [-0.3, -0.25) is 10.1 Å². The lowest BCUT2D eigenvalue weighted by atomic mass is 10.2. The second-order valence-electron chi connectivity index (χ2n) is 5.21. The van der Waals surface area contributed by atoms with Crippen molar-refractivity contribution in [2.45, 2.75) is 32.0 Å². The van der Waals surface area contributed by atoms with E-state index in [1.165, 1.54) is 18.5 Å². The average Bonchev–Trinajstić information content (AvgIpc) is 3.18. The SMILES string of the molecule is O=[N+]([O-])c1ccc(Cn2cccc2CNC2CC2)cc1. The number of rotatable bonds is 6. The first-order chi connectivity index (χ1) is 9.72. The predicted octanol–water partition coefficient (Wildman–Crippen LogP) is 2.70. The van der Waals surface area contributed by atoms with Crippen LogP contribution < -0.4 is 5.32 Å². The molecule has 0 spiro atoms. The van der Waals surface area contributed by atoms with Crippen molar-refractivity contribution in [1.29, 1.82) is 0 Å². The zero-order chi connectivity index (χ0) is 13.9. The number of non-ortho nitro benzene ring substituents is 1. The first-order valence-corrected chi connectivity index (χ1v) is 6.83. The second-order valence-corrected chi connectivity index (χ2v) is 5.21. The third kappa shape index (κ3) is 3.05. The minimum absolute atomic E-state index is 0.136. The number of nitrogens with one attached hydrogen (secondary N) is 1. The number of benzene rings is 1. The second kappa shape index (κ2) is 5.46. The zero-order valence-electron chi connectivity index (χ0n) is 11.2. The Hall–Kier alpha value is -2.14. The van der Waals surface area contributed by atoms with Crippen LogP contribution in [0.1, 0.15) is 24.1 Å². The van der Waals surface area contributed by atoms with Crippen molar-refractivity contribution < 1.29 is 4.92 Å². The van der Waals surface area contributed by atoms with E-state index in [0.717, 1.165) is 18.7 Å². The minimum atomic E-state index is -0.371. The Morgan fingerprint density at radius 3 is 2.65 bits per heavy atom. The molecule has 1 aliphatic carbocycles. The number of nitrogens with zero attached hydrogens (tertiary/aromatic N) is 2. The molecule has 3 rings (SSSR count). The molecule has 1 saturated carbocycles. The van der Waals surface area contributed by atoms with Crippen LogP contribution >= 0.6 is 0 Å². The van der Waals surface area contributed by atoms with Crippen molar-refractivity contribution in [1.82, 2.24) is 9.88 Å². The Balaban J connectivity index is 1.67. The van der Waals surface area contributed by atoms with Crippen LogP contribution in [-0.4, -0.2) is 15.5 Å². The molecule has 20 heavy (non-hydrogen) atoms. The smallest absolute Gasteiger partial charge is 0.269 e. The minimum Gasteiger partial charge on any atom is -0.346 e. The fourth-order valence-electron chi connectivity index (χ4n) is 2.22. The van der Waals surface area contributed by atoms with Gasteiger partial charge in [-0.1, -0.05) is 12.1 Å². The molecule has 0 bridgehead atoms. The molecule has 104 valence electrons. The molecule has 0 atom stereocenters. The quantitative estimate of drug-likeness (QED) is 0.649. The van der Waals surface area contributed by atoms with Crippen LogP contribution in [0.5, 0.6) is 0 Å². The van der Waals surface area contributed by atoms with Gasteiger partial charge in [0.1, 0.15) is 0 Å². The van der Waals surface area contributed by atoms with Crippen LogP contribution in [0.4, 0.5) is 5.69 Å². The van der Waals surface area contributed by atoms with E-state index in [2.05, 4.69) is 16.0 Å². The Labute approximate surface area is 117 Å². The third-order valence-corrected chi connectivity index (χ3v) is 3.57.